The van der Waals surface area contributed by atoms with Crippen LogP contribution >= 0.6 is 11.6 Å². The molecule has 1 heterocycles. The summed E-state index contributed by atoms with van der Waals surface area (Å²) in [5.74, 6) is -0.450. The molecule has 2 aromatic carbocycles. The molecule has 0 saturated heterocycles. The molecular weight excluding hydrogens is 294 g/mol. The summed E-state index contributed by atoms with van der Waals surface area (Å²) >= 11 is 5.88. The lowest BCUT2D eigenvalue weighted by atomic mass is 10.2. The summed E-state index contributed by atoms with van der Waals surface area (Å²) in [4.78, 5) is 15.1. The van der Waals surface area contributed by atoms with E-state index < -0.39 is 5.97 Å². The minimum Gasteiger partial charge on any atom is -0.478 e. The number of nitrogens with zero attached hydrogens (tertiary/aromatic N) is 1. The Morgan fingerprint density at radius 2 is 2.10 bits per heavy atom. The fraction of sp³-hybridized carbons (Fsp3) is 0.0667. The van der Waals surface area contributed by atoms with Gasteiger partial charge in [-0.2, -0.15) is 4.98 Å². The van der Waals surface area contributed by atoms with E-state index in [1.165, 1.54) is 12.1 Å². The van der Waals surface area contributed by atoms with Crippen LogP contribution in [0.2, 0.25) is 5.02 Å². The minimum atomic E-state index is -1.02. The number of benzene rings is 2. The number of aryl methyl sites for hydroxylation is 1. The van der Waals surface area contributed by atoms with E-state index in [1.807, 2.05) is 6.92 Å². The minimum absolute atomic E-state index is 0.0537. The van der Waals surface area contributed by atoms with Crippen LogP contribution in [-0.4, -0.2) is 16.1 Å². The van der Waals surface area contributed by atoms with Crippen molar-refractivity contribution >= 4 is 28.7 Å². The van der Waals surface area contributed by atoms with Crippen molar-refractivity contribution in [1.29, 1.82) is 0 Å². The van der Waals surface area contributed by atoms with Gasteiger partial charge in [-0.05, 0) is 48.9 Å². The van der Waals surface area contributed by atoms with Gasteiger partial charge in [-0.25, -0.2) is 4.79 Å². The molecule has 5 nitrogen and oxygen atoms in total. The van der Waals surface area contributed by atoms with Gasteiger partial charge in [0.05, 0.1) is 5.56 Å². The van der Waals surface area contributed by atoms with E-state index in [9.17, 15) is 4.79 Å². The van der Waals surface area contributed by atoms with Crippen LogP contribution in [0.25, 0.3) is 11.1 Å². The monoisotopic (exact) mass is 303 g/mol. The quantitative estimate of drug-likeness (QED) is 0.781. The molecule has 106 valence electrons. The van der Waals surface area contributed by atoms with Gasteiger partial charge in [0, 0.05) is 5.02 Å². The van der Waals surface area contributed by atoms with Crippen LogP contribution in [0, 0.1) is 6.92 Å². The van der Waals surface area contributed by atoms with Crippen LogP contribution in [0.15, 0.2) is 40.8 Å². The summed E-state index contributed by atoms with van der Waals surface area (Å²) in [5.41, 5.74) is 1.86. The van der Waals surface area contributed by atoms with Crippen molar-refractivity contribution in [2.75, 3.05) is 0 Å². The number of aromatic carboxylic acids is 1. The van der Waals surface area contributed by atoms with Crippen LogP contribution in [0.5, 0.6) is 11.8 Å². The first-order valence-corrected chi connectivity index (χ1v) is 6.48. The number of fused-ring (bicyclic) bond motifs is 1. The fourth-order valence-corrected chi connectivity index (χ4v) is 2.13. The SMILES string of the molecule is Cc1cc(Cl)ccc1Oc1nc2ccc(C(=O)O)cc2o1. The Balaban J connectivity index is 1.95. The number of oxazole rings is 1. The molecule has 0 aliphatic carbocycles. The zero-order chi connectivity index (χ0) is 15.0. The maximum atomic E-state index is 10.9. The van der Waals surface area contributed by atoms with Gasteiger partial charge >= 0.3 is 12.0 Å². The number of rotatable bonds is 3. The number of carbonyl (C=O) groups is 1. The maximum Gasteiger partial charge on any atom is 0.400 e. The molecule has 1 N–H and O–H groups in total. The van der Waals surface area contributed by atoms with E-state index in [-0.39, 0.29) is 11.6 Å². The van der Waals surface area contributed by atoms with Gasteiger partial charge in [-0.1, -0.05) is 11.6 Å². The average Bonchev–Trinajstić information content (AvgIpc) is 2.83. The molecule has 0 amide bonds. The highest BCUT2D eigenvalue weighted by molar-refractivity contribution is 6.30. The molecule has 21 heavy (non-hydrogen) atoms. The molecule has 0 saturated carbocycles. The van der Waals surface area contributed by atoms with E-state index in [2.05, 4.69) is 4.98 Å². The van der Waals surface area contributed by atoms with E-state index in [1.54, 1.807) is 24.3 Å². The van der Waals surface area contributed by atoms with Crippen molar-refractivity contribution < 1.29 is 19.1 Å². The first-order valence-electron chi connectivity index (χ1n) is 6.11. The van der Waals surface area contributed by atoms with Crippen LogP contribution < -0.4 is 4.74 Å². The van der Waals surface area contributed by atoms with E-state index in [4.69, 9.17) is 25.9 Å². The lowest BCUT2D eigenvalue weighted by Crippen LogP contribution is -1.94. The third-order valence-electron chi connectivity index (χ3n) is 2.95. The zero-order valence-electron chi connectivity index (χ0n) is 11.0. The Labute approximate surface area is 124 Å². The van der Waals surface area contributed by atoms with Gasteiger partial charge in [0.1, 0.15) is 11.3 Å². The molecule has 0 bridgehead atoms. The fourth-order valence-electron chi connectivity index (χ4n) is 1.90. The van der Waals surface area contributed by atoms with Gasteiger partial charge in [0.25, 0.3) is 0 Å². The Morgan fingerprint density at radius 3 is 2.81 bits per heavy atom. The van der Waals surface area contributed by atoms with Crippen LogP contribution in [-0.2, 0) is 0 Å². The first-order chi connectivity index (χ1) is 10.0. The summed E-state index contributed by atoms with van der Waals surface area (Å²) in [6.07, 6.45) is 0.0537. The Hall–Kier alpha value is -2.53. The van der Waals surface area contributed by atoms with Crippen molar-refractivity contribution in [3.05, 3.63) is 52.5 Å². The molecule has 0 atom stereocenters. The topological polar surface area (TPSA) is 72.6 Å². The van der Waals surface area contributed by atoms with Crippen LogP contribution in [0.3, 0.4) is 0 Å². The van der Waals surface area contributed by atoms with Gasteiger partial charge in [-0.3, -0.25) is 0 Å². The lowest BCUT2D eigenvalue weighted by molar-refractivity contribution is 0.0697. The van der Waals surface area contributed by atoms with Crippen molar-refractivity contribution in [3.63, 3.8) is 0 Å². The highest BCUT2D eigenvalue weighted by atomic mass is 35.5. The predicted molar refractivity (Wildman–Crippen MR) is 77.2 cm³/mol. The number of aromatic nitrogens is 1. The molecule has 0 radical (unpaired) electrons. The molecule has 0 unspecified atom stereocenters. The van der Waals surface area contributed by atoms with Crippen molar-refractivity contribution in [3.8, 4) is 11.8 Å². The van der Waals surface area contributed by atoms with Gasteiger partial charge in [-0.15, -0.1) is 0 Å². The molecule has 3 rings (SSSR count). The highest BCUT2D eigenvalue weighted by Crippen LogP contribution is 2.29. The summed E-state index contributed by atoms with van der Waals surface area (Å²) in [7, 11) is 0. The molecule has 0 fully saturated rings. The molecule has 3 aromatic rings. The number of carboxylic acids is 1. The number of ether oxygens (including phenoxy) is 1. The smallest absolute Gasteiger partial charge is 0.400 e. The third-order valence-corrected chi connectivity index (χ3v) is 3.19. The molecule has 1 aromatic heterocycles. The zero-order valence-corrected chi connectivity index (χ0v) is 11.7. The highest BCUT2D eigenvalue weighted by Gasteiger charge is 2.12. The molecular formula is C15H10ClNO4. The number of hydrogen-bond donors (Lipinski definition) is 1. The maximum absolute atomic E-state index is 10.9. The normalized spacial score (nSPS) is 10.8. The summed E-state index contributed by atoms with van der Waals surface area (Å²) in [5, 5.41) is 9.56. The third kappa shape index (κ3) is 2.68. The Kier molecular flexibility index (Phi) is 3.27. The second kappa shape index (κ2) is 5.10. The molecule has 0 aliphatic heterocycles. The summed E-state index contributed by atoms with van der Waals surface area (Å²) < 4.78 is 11.0. The molecule has 6 heteroatoms. The Bertz CT molecular complexity index is 841. The summed E-state index contributed by atoms with van der Waals surface area (Å²) in [6.45, 7) is 1.85. The number of carboxylic acid groups (broad SMARTS) is 1. The molecule has 0 aliphatic rings. The van der Waals surface area contributed by atoms with E-state index in [0.717, 1.165) is 5.56 Å². The number of hydrogen-bond acceptors (Lipinski definition) is 4. The second-order valence-electron chi connectivity index (χ2n) is 4.48. The van der Waals surface area contributed by atoms with Crippen LogP contribution in [0.4, 0.5) is 0 Å². The van der Waals surface area contributed by atoms with Gasteiger partial charge < -0.3 is 14.3 Å². The van der Waals surface area contributed by atoms with Crippen molar-refractivity contribution in [2.45, 2.75) is 6.92 Å². The molecule has 0 spiro atoms. The van der Waals surface area contributed by atoms with Gasteiger partial charge in [0.2, 0.25) is 0 Å². The summed E-state index contributed by atoms with van der Waals surface area (Å²) in [6, 6.07) is 9.63. The van der Waals surface area contributed by atoms with E-state index >= 15 is 0 Å². The van der Waals surface area contributed by atoms with Crippen molar-refractivity contribution in [1.82, 2.24) is 4.98 Å². The lowest BCUT2D eigenvalue weighted by Gasteiger charge is -2.04. The second-order valence-corrected chi connectivity index (χ2v) is 4.92. The van der Waals surface area contributed by atoms with Crippen LogP contribution in [0.1, 0.15) is 15.9 Å². The predicted octanol–water partition coefficient (Wildman–Crippen LogP) is 4.28. The average molecular weight is 304 g/mol. The first kappa shape index (κ1) is 13.5. The number of halogens is 1. The largest absolute Gasteiger partial charge is 0.478 e. The Morgan fingerprint density at radius 1 is 1.29 bits per heavy atom. The van der Waals surface area contributed by atoms with E-state index in [0.29, 0.717) is 21.9 Å². The standard InChI is InChI=1S/C15H10ClNO4/c1-8-6-10(16)3-5-12(8)20-15-17-11-4-2-9(14(18)19)7-13(11)21-15/h2-7H,1H3,(H,18,19). The van der Waals surface area contributed by atoms with Gasteiger partial charge in [0.15, 0.2) is 5.58 Å². The van der Waals surface area contributed by atoms with Crippen molar-refractivity contribution in [2.24, 2.45) is 0 Å².